The van der Waals surface area contributed by atoms with Crippen molar-refractivity contribution in [3.05, 3.63) is 30.3 Å². The van der Waals surface area contributed by atoms with Crippen LogP contribution in [0.2, 0.25) is 0 Å². The Morgan fingerprint density at radius 1 is 1.04 bits per heavy atom. The van der Waals surface area contributed by atoms with Crippen LogP contribution in [0.1, 0.15) is 33.6 Å². The summed E-state index contributed by atoms with van der Waals surface area (Å²) >= 11 is 0. The number of carbonyl (C=O) groups is 1. The van der Waals surface area contributed by atoms with Gasteiger partial charge in [0.25, 0.3) is 0 Å². The Morgan fingerprint density at radius 2 is 1.64 bits per heavy atom. The molecule has 160 valence electrons. The largest absolute Gasteiger partial charge is 0.444 e. The fourth-order valence-electron chi connectivity index (χ4n) is 2.37. The average Bonchev–Trinajstić information content (AvgIpc) is 2.62. The number of hydrogen-bond donors (Lipinski definition) is 3. The van der Waals surface area contributed by atoms with Crippen molar-refractivity contribution in [2.45, 2.75) is 39.2 Å². The number of rotatable bonds is 9. The summed E-state index contributed by atoms with van der Waals surface area (Å²) in [6.45, 7) is 8.43. The number of anilines is 1. The monoisotopic (exact) mass is 505 g/mol. The highest BCUT2D eigenvalue weighted by atomic mass is 127. The molecule has 3 N–H and O–H groups in total. The molecule has 0 fully saturated rings. The maximum Gasteiger partial charge on any atom is 0.407 e. The molecular weight excluding hydrogens is 469 g/mol. The molecule has 0 spiro atoms. The zero-order valence-electron chi connectivity index (χ0n) is 17.7. The normalized spacial score (nSPS) is 11.2. The van der Waals surface area contributed by atoms with Gasteiger partial charge in [-0.25, -0.2) is 4.79 Å². The van der Waals surface area contributed by atoms with E-state index in [1.807, 2.05) is 26.8 Å². The highest BCUT2D eigenvalue weighted by Crippen LogP contribution is 2.11. The second-order valence-electron chi connectivity index (χ2n) is 7.32. The number of aliphatic imine (C=N–C) groups is 1. The van der Waals surface area contributed by atoms with Crippen molar-refractivity contribution < 1.29 is 9.53 Å². The molecule has 0 saturated carbocycles. The van der Waals surface area contributed by atoms with Crippen LogP contribution in [-0.2, 0) is 4.74 Å². The van der Waals surface area contributed by atoms with E-state index in [9.17, 15) is 4.79 Å². The first-order chi connectivity index (χ1) is 12.8. The van der Waals surface area contributed by atoms with Gasteiger partial charge in [-0.15, -0.1) is 24.0 Å². The third-order valence-corrected chi connectivity index (χ3v) is 3.72. The lowest BCUT2D eigenvalue weighted by molar-refractivity contribution is 0.0529. The van der Waals surface area contributed by atoms with Crippen LogP contribution in [0.4, 0.5) is 10.5 Å². The third-order valence-electron chi connectivity index (χ3n) is 3.72. The summed E-state index contributed by atoms with van der Waals surface area (Å²) in [5.41, 5.74) is 0.754. The number of amides is 1. The summed E-state index contributed by atoms with van der Waals surface area (Å²) in [5.74, 6) is 0.734. The van der Waals surface area contributed by atoms with E-state index in [1.54, 1.807) is 7.05 Å². The van der Waals surface area contributed by atoms with Gasteiger partial charge in [0.1, 0.15) is 5.60 Å². The molecule has 8 heteroatoms. The lowest BCUT2D eigenvalue weighted by atomic mass is 10.2. The minimum atomic E-state index is -0.482. The Kier molecular flexibility index (Phi) is 13.4. The van der Waals surface area contributed by atoms with E-state index in [1.165, 1.54) is 5.69 Å². The molecule has 7 nitrogen and oxygen atoms in total. The van der Waals surface area contributed by atoms with Crippen molar-refractivity contribution in [2.75, 3.05) is 45.2 Å². The Bertz CT molecular complexity index is 576. The van der Waals surface area contributed by atoms with E-state index >= 15 is 0 Å². The number of unbranched alkanes of at least 4 members (excludes halogenated alkanes) is 1. The minimum Gasteiger partial charge on any atom is -0.444 e. The third kappa shape index (κ3) is 12.6. The van der Waals surface area contributed by atoms with Crippen molar-refractivity contribution in [3.8, 4) is 0 Å². The fraction of sp³-hybridized carbons (Fsp3) is 0.600. The number of benzene rings is 1. The van der Waals surface area contributed by atoms with Crippen LogP contribution in [0, 0.1) is 0 Å². The van der Waals surface area contributed by atoms with E-state index in [2.05, 4.69) is 57.2 Å². The van der Waals surface area contributed by atoms with Gasteiger partial charge in [0, 0.05) is 46.0 Å². The lowest BCUT2D eigenvalue weighted by Gasteiger charge is -2.20. The molecule has 0 aliphatic heterocycles. The molecule has 1 amide bonds. The minimum absolute atomic E-state index is 0. The summed E-state index contributed by atoms with van der Waals surface area (Å²) in [4.78, 5) is 18.0. The average molecular weight is 505 g/mol. The molecule has 0 bridgehead atoms. The predicted molar refractivity (Wildman–Crippen MR) is 128 cm³/mol. The first-order valence-corrected chi connectivity index (χ1v) is 9.49. The summed E-state index contributed by atoms with van der Waals surface area (Å²) in [6.07, 6.45) is 1.73. The first kappa shape index (κ1) is 26.3. The van der Waals surface area contributed by atoms with Crippen molar-refractivity contribution in [2.24, 2.45) is 4.99 Å². The van der Waals surface area contributed by atoms with Gasteiger partial charge in [0.05, 0.1) is 0 Å². The molecule has 0 unspecified atom stereocenters. The standard InChI is InChI=1S/C20H35N5O2.HI/c1-20(2,3)27-19(26)24-15-14-23-18(21-4)22-13-9-10-16-25(5)17-11-7-6-8-12-17;/h6-8,11-12H,9-10,13-16H2,1-5H3,(H,24,26)(H2,21,22,23);1H. The zero-order valence-corrected chi connectivity index (χ0v) is 20.1. The number of ether oxygens (including phenoxy) is 1. The van der Waals surface area contributed by atoms with Crippen LogP contribution in [0.3, 0.4) is 0 Å². The van der Waals surface area contributed by atoms with E-state index in [0.29, 0.717) is 13.1 Å². The molecule has 28 heavy (non-hydrogen) atoms. The van der Waals surface area contributed by atoms with Gasteiger partial charge in [-0.1, -0.05) is 18.2 Å². The van der Waals surface area contributed by atoms with Crippen LogP contribution < -0.4 is 20.9 Å². The molecule has 0 radical (unpaired) electrons. The smallest absolute Gasteiger partial charge is 0.407 e. The van der Waals surface area contributed by atoms with Gasteiger partial charge in [-0.3, -0.25) is 4.99 Å². The molecule has 0 aromatic heterocycles. The summed E-state index contributed by atoms with van der Waals surface area (Å²) in [5, 5.41) is 9.17. The van der Waals surface area contributed by atoms with Crippen molar-refractivity contribution in [1.82, 2.24) is 16.0 Å². The van der Waals surface area contributed by atoms with Crippen molar-refractivity contribution in [3.63, 3.8) is 0 Å². The lowest BCUT2D eigenvalue weighted by Crippen LogP contribution is -2.42. The Morgan fingerprint density at radius 3 is 2.25 bits per heavy atom. The van der Waals surface area contributed by atoms with Crippen LogP contribution in [0.5, 0.6) is 0 Å². The zero-order chi connectivity index (χ0) is 20.1. The molecule has 0 heterocycles. The number of carbonyl (C=O) groups excluding carboxylic acids is 1. The van der Waals surface area contributed by atoms with Crippen LogP contribution in [0.25, 0.3) is 0 Å². The van der Waals surface area contributed by atoms with Crippen molar-refractivity contribution >= 4 is 41.7 Å². The Labute approximate surface area is 186 Å². The summed E-state index contributed by atoms with van der Waals surface area (Å²) < 4.78 is 5.19. The second-order valence-corrected chi connectivity index (χ2v) is 7.32. The number of nitrogens with zero attached hydrogens (tertiary/aromatic N) is 2. The van der Waals surface area contributed by atoms with Gasteiger partial charge in [-0.2, -0.15) is 0 Å². The molecule has 0 aliphatic carbocycles. The Hall–Kier alpha value is -1.71. The molecule has 1 rings (SSSR count). The predicted octanol–water partition coefficient (Wildman–Crippen LogP) is 3.21. The van der Waals surface area contributed by atoms with E-state index in [0.717, 1.165) is 31.9 Å². The van der Waals surface area contributed by atoms with Gasteiger partial charge >= 0.3 is 6.09 Å². The first-order valence-electron chi connectivity index (χ1n) is 9.49. The molecular formula is C20H36IN5O2. The van der Waals surface area contributed by atoms with Gasteiger partial charge < -0.3 is 25.6 Å². The molecule has 0 atom stereocenters. The SMILES string of the molecule is CN=C(NCCCCN(C)c1ccccc1)NCCNC(=O)OC(C)(C)C.I. The van der Waals surface area contributed by atoms with Gasteiger partial charge in [-0.05, 0) is 45.7 Å². The van der Waals surface area contributed by atoms with Crippen LogP contribution >= 0.6 is 24.0 Å². The fourth-order valence-corrected chi connectivity index (χ4v) is 2.37. The maximum absolute atomic E-state index is 11.6. The second kappa shape index (κ2) is 14.3. The highest BCUT2D eigenvalue weighted by molar-refractivity contribution is 14.0. The number of alkyl carbamates (subject to hydrolysis) is 1. The molecule has 0 aliphatic rings. The molecule has 1 aromatic carbocycles. The molecule has 0 saturated heterocycles. The van der Waals surface area contributed by atoms with E-state index in [-0.39, 0.29) is 24.0 Å². The van der Waals surface area contributed by atoms with E-state index < -0.39 is 11.7 Å². The quantitative estimate of drug-likeness (QED) is 0.208. The Balaban J connectivity index is 0.00000729. The van der Waals surface area contributed by atoms with Crippen LogP contribution in [-0.4, -0.2) is 57.9 Å². The van der Waals surface area contributed by atoms with Crippen LogP contribution in [0.15, 0.2) is 35.3 Å². The number of para-hydroxylation sites is 1. The number of halogens is 1. The number of hydrogen-bond acceptors (Lipinski definition) is 4. The van der Waals surface area contributed by atoms with Crippen molar-refractivity contribution in [1.29, 1.82) is 0 Å². The van der Waals surface area contributed by atoms with Gasteiger partial charge in [0.15, 0.2) is 5.96 Å². The van der Waals surface area contributed by atoms with E-state index in [4.69, 9.17) is 4.74 Å². The molecule has 1 aromatic rings. The van der Waals surface area contributed by atoms with Gasteiger partial charge in [0.2, 0.25) is 0 Å². The number of guanidine groups is 1. The summed E-state index contributed by atoms with van der Waals surface area (Å²) in [7, 11) is 3.85. The maximum atomic E-state index is 11.6. The highest BCUT2D eigenvalue weighted by Gasteiger charge is 2.15. The summed E-state index contributed by atoms with van der Waals surface area (Å²) in [6, 6.07) is 10.4. The topological polar surface area (TPSA) is 78.0 Å². The number of nitrogens with one attached hydrogen (secondary N) is 3.